The molecule has 1 aromatic rings. The largest absolute Gasteiger partial charge is 1.00 e. The molecule has 2 aliphatic rings. The Bertz CT molecular complexity index is 1050. The summed E-state index contributed by atoms with van der Waals surface area (Å²) in [6.07, 6.45) is -0.450. The van der Waals surface area contributed by atoms with Crippen molar-refractivity contribution in [3.05, 3.63) is 47.2 Å². The maximum Gasteiger partial charge on any atom is 1.00 e. The van der Waals surface area contributed by atoms with Gasteiger partial charge in [0.05, 0.1) is 23.8 Å². The summed E-state index contributed by atoms with van der Waals surface area (Å²) in [6, 6.07) is 6.54. The fraction of sp³-hybridized carbons (Fsp3) is 0.333. The Morgan fingerprint density at radius 2 is 1.94 bits per heavy atom. The van der Waals surface area contributed by atoms with Crippen LogP contribution < -0.4 is 61.8 Å². The van der Waals surface area contributed by atoms with Crippen LogP contribution in [0.15, 0.2) is 36.0 Å². The molecular formula is C18H17KN2O9S. The zero-order chi connectivity index (χ0) is 22.1. The Kier molecular flexibility index (Phi) is 8.41. The molecule has 0 aromatic heterocycles. The molecule has 1 fully saturated rings. The number of rotatable bonds is 7. The van der Waals surface area contributed by atoms with E-state index in [0.717, 1.165) is 6.08 Å². The molecule has 2 atom stereocenters. The number of nitrogens with one attached hydrogen (secondary N) is 1. The van der Waals surface area contributed by atoms with E-state index < -0.39 is 63.1 Å². The second-order valence-corrected chi connectivity index (χ2v) is 8.89. The Labute approximate surface area is 219 Å². The Hall–Kier alpha value is -1.77. The molecule has 31 heavy (non-hydrogen) atoms. The molecule has 2 heterocycles. The predicted octanol–water partition coefficient (Wildman–Crippen LogP) is -4.61. The number of carbonyl (C=O) groups is 4. The van der Waals surface area contributed by atoms with Gasteiger partial charge in [-0.3, -0.25) is 14.5 Å². The number of sulfone groups is 1. The average Bonchev–Trinajstić information content (AvgIpc) is 2.66. The number of fused-ring (bicyclic) bond motifs is 1. The molecule has 13 heteroatoms. The first-order valence-corrected chi connectivity index (χ1v) is 10.5. The quantitative estimate of drug-likeness (QED) is 0.223. The van der Waals surface area contributed by atoms with Crippen LogP contribution in [0.2, 0.25) is 0 Å². The predicted molar refractivity (Wildman–Crippen MR) is 97.0 cm³/mol. The first kappa shape index (κ1) is 25.5. The molecule has 3 rings (SSSR count). The van der Waals surface area contributed by atoms with Crippen LogP contribution in [-0.2, 0) is 41.9 Å². The van der Waals surface area contributed by atoms with Gasteiger partial charge in [-0.25, -0.2) is 13.2 Å². The number of β-lactam (4-membered cyclic amide) rings is 1. The molecule has 0 bridgehead atoms. The van der Waals surface area contributed by atoms with Crippen LogP contribution in [0, 0.1) is 5.92 Å². The normalized spacial score (nSPS) is 21.0. The molecule has 2 N–H and O–H groups in total. The van der Waals surface area contributed by atoms with E-state index in [1.807, 2.05) is 0 Å². The topological polar surface area (TPSA) is 170 Å². The van der Waals surface area contributed by atoms with Gasteiger partial charge < -0.3 is 25.1 Å². The zero-order valence-corrected chi connectivity index (χ0v) is 20.4. The Balaban J connectivity index is 0.00000341. The van der Waals surface area contributed by atoms with E-state index in [1.165, 1.54) is 0 Å². The number of aliphatic carboxylic acids is 1. The van der Waals surface area contributed by atoms with Gasteiger partial charge in [0, 0.05) is 6.54 Å². The van der Waals surface area contributed by atoms with Gasteiger partial charge in [0.25, 0.3) is 0 Å². The number of nitrogens with zero attached hydrogens (tertiary/aromatic N) is 1. The third kappa shape index (κ3) is 5.73. The summed E-state index contributed by atoms with van der Waals surface area (Å²) >= 11 is 0. The van der Waals surface area contributed by atoms with E-state index in [1.54, 1.807) is 24.3 Å². The van der Waals surface area contributed by atoms with Crippen molar-refractivity contribution in [2.24, 2.45) is 5.92 Å². The zero-order valence-electron chi connectivity index (χ0n) is 16.4. The second kappa shape index (κ2) is 10.2. The number of amides is 2. The molecule has 0 spiro atoms. The van der Waals surface area contributed by atoms with E-state index in [2.05, 4.69) is 5.32 Å². The summed E-state index contributed by atoms with van der Waals surface area (Å²) in [5.41, 5.74) is 0.662. The molecule has 1 saturated heterocycles. The minimum Gasteiger partial charge on any atom is -0.543 e. The van der Waals surface area contributed by atoms with Crippen LogP contribution >= 0.6 is 0 Å². The number of ether oxygens (including phenoxy) is 1. The standard InChI is InChI=1S/C18H18N2O9S.K/c21-14(7-10-2-1-3-11(6-10)8-19-18(25)26)29-9-12-15(22)20-13(17(23)24)4-5-30(27,28)16(12)20;/h1-4,6,12,16,19H,5,7-9H2,(H,23,24)(H,25,26);/q;+1/p-1/t12-,16-;/m0./s1. The fourth-order valence-electron chi connectivity index (χ4n) is 3.35. The summed E-state index contributed by atoms with van der Waals surface area (Å²) in [4.78, 5) is 46.6. The fourth-order valence-corrected chi connectivity index (χ4v) is 5.17. The Morgan fingerprint density at radius 1 is 1.26 bits per heavy atom. The van der Waals surface area contributed by atoms with Crippen LogP contribution in [0.25, 0.3) is 0 Å². The molecule has 2 amide bonds. The van der Waals surface area contributed by atoms with Gasteiger partial charge in [0.2, 0.25) is 5.91 Å². The first-order chi connectivity index (χ1) is 14.1. The Morgan fingerprint density at radius 3 is 2.58 bits per heavy atom. The smallest absolute Gasteiger partial charge is 0.543 e. The van der Waals surface area contributed by atoms with Crippen LogP contribution in [0.5, 0.6) is 0 Å². The summed E-state index contributed by atoms with van der Waals surface area (Å²) in [5.74, 6) is -4.88. The van der Waals surface area contributed by atoms with Gasteiger partial charge in [0.15, 0.2) is 15.2 Å². The number of carboxylic acid groups (broad SMARTS) is 2. The SMILES string of the molecule is O=C(O)NCc1cccc(CC(=O)OC[C@H]2C(=O)N3C(C(=O)[O-])=CCS(=O)(=O)[C@@H]23)c1.[K+]. The molecule has 0 unspecified atom stereocenters. The van der Waals surface area contributed by atoms with Crippen molar-refractivity contribution < 1.29 is 93.9 Å². The summed E-state index contributed by atoms with van der Waals surface area (Å²) in [7, 11) is -3.81. The maximum absolute atomic E-state index is 12.2. The van der Waals surface area contributed by atoms with Crippen LogP contribution in [0.1, 0.15) is 11.1 Å². The third-order valence-electron chi connectivity index (χ3n) is 4.71. The van der Waals surface area contributed by atoms with Gasteiger partial charge in [-0.15, -0.1) is 0 Å². The minimum atomic E-state index is -3.81. The molecule has 0 saturated carbocycles. The third-order valence-corrected chi connectivity index (χ3v) is 6.61. The van der Waals surface area contributed by atoms with E-state index in [9.17, 15) is 32.7 Å². The van der Waals surface area contributed by atoms with Crippen molar-refractivity contribution in [2.45, 2.75) is 18.3 Å². The van der Waals surface area contributed by atoms with Gasteiger partial charge in [-0.1, -0.05) is 24.3 Å². The second-order valence-electron chi connectivity index (χ2n) is 6.75. The van der Waals surface area contributed by atoms with Crippen LogP contribution in [0.4, 0.5) is 4.79 Å². The molecule has 160 valence electrons. The van der Waals surface area contributed by atoms with Crippen molar-refractivity contribution in [3.63, 3.8) is 0 Å². The van der Waals surface area contributed by atoms with Crippen molar-refractivity contribution in [1.82, 2.24) is 10.2 Å². The van der Waals surface area contributed by atoms with Crippen molar-refractivity contribution in [3.8, 4) is 0 Å². The van der Waals surface area contributed by atoms with E-state index in [0.29, 0.717) is 16.0 Å². The molecule has 2 aliphatic heterocycles. The molecule has 0 aliphatic carbocycles. The summed E-state index contributed by atoms with van der Waals surface area (Å²) < 4.78 is 29.5. The summed E-state index contributed by atoms with van der Waals surface area (Å²) in [5, 5.41) is 20.5. The van der Waals surface area contributed by atoms with E-state index in [4.69, 9.17) is 9.84 Å². The monoisotopic (exact) mass is 476 g/mol. The van der Waals surface area contributed by atoms with Crippen LogP contribution in [-0.4, -0.2) is 60.1 Å². The number of hydrogen-bond donors (Lipinski definition) is 2. The summed E-state index contributed by atoms with van der Waals surface area (Å²) in [6.45, 7) is -0.447. The van der Waals surface area contributed by atoms with Gasteiger partial charge in [-0.05, 0) is 17.2 Å². The first-order valence-electron chi connectivity index (χ1n) is 8.76. The number of carboxylic acids is 1. The van der Waals surface area contributed by atoms with E-state index in [-0.39, 0.29) is 64.4 Å². The number of esters is 1. The van der Waals surface area contributed by atoms with Crippen LogP contribution in [0.3, 0.4) is 0 Å². The van der Waals surface area contributed by atoms with Crippen molar-refractivity contribution in [1.29, 1.82) is 0 Å². The minimum absolute atomic E-state index is 0. The van der Waals surface area contributed by atoms with Gasteiger partial charge >= 0.3 is 63.4 Å². The van der Waals surface area contributed by atoms with Gasteiger partial charge in [-0.2, -0.15) is 0 Å². The average molecular weight is 477 g/mol. The molecule has 1 aromatic carbocycles. The number of benzene rings is 1. The van der Waals surface area contributed by atoms with Crippen molar-refractivity contribution >= 4 is 33.8 Å². The number of hydrogen-bond acceptors (Lipinski definition) is 8. The number of carbonyl (C=O) groups excluding carboxylic acids is 3. The maximum atomic E-state index is 12.2. The molecule has 0 radical (unpaired) electrons. The molecular weight excluding hydrogens is 459 g/mol. The van der Waals surface area contributed by atoms with Crippen molar-refractivity contribution in [2.75, 3.05) is 12.4 Å². The van der Waals surface area contributed by atoms with Gasteiger partial charge in [0.1, 0.15) is 12.5 Å². The molecule has 11 nitrogen and oxygen atoms in total. The van der Waals surface area contributed by atoms with E-state index >= 15 is 0 Å².